The van der Waals surface area contributed by atoms with E-state index in [0.29, 0.717) is 24.7 Å². The molecule has 0 unspecified atom stereocenters. The molecule has 1 aromatic heterocycles. The van der Waals surface area contributed by atoms with Crippen LogP contribution in [0.2, 0.25) is 0 Å². The summed E-state index contributed by atoms with van der Waals surface area (Å²) < 4.78 is 13.5. The van der Waals surface area contributed by atoms with Gasteiger partial charge in [0.05, 0.1) is 13.2 Å². The third kappa shape index (κ3) is 6.98. The van der Waals surface area contributed by atoms with Crippen molar-refractivity contribution in [2.45, 2.75) is 33.0 Å². The minimum absolute atomic E-state index is 0.0944. The van der Waals surface area contributed by atoms with E-state index in [9.17, 15) is 4.79 Å². The van der Waals surface area contributed by atoms with E-state index in [-0.39, 0.29) is 5.91 Å². The fourth-order valence-electron chi connectivity index (χ4n) is 2.71. The molecule has 8 nitrogen and oxygen atoms in total. The summed E-state index contributed by atoms with van der Waals surface area (Å²) in [5, 5.41) is 7.86. The Morgan fingerprint density at radius 1 is 1.21 bits per heavy atom. The van der Waals surface area contributed by atoms with Crippen molar-refractivity contribution >= 4 is 11.7 Å². The lowest BCUT2D eigenvalue weighted by atomic mass is 10.2. The van der Waals surface area contributed by atoms with E-state index in [4.69, 9.17) is 9.47 Å². The van der Waals surface area contributed by atoms with Crippen LogP contribution < -0.4 is 14.8 Å². The van der Waals surface area contributed by atoms with Crippen LogP contribution in [0, 0.1) is 0 Å². The summed E-state index contributed by atoms with van der Waals surface area (Å²) in [5.74, 6) is 1.92. The van der Waals surface area contributed by atoms with Crippen molar-refractivity contribution in [3.05, 3.63) is 36.0 Å². The van der Waals surface area contributed by atoms with Crippen molar-refractivity contribution < 1.29 is 14.3 Å². The summed E-state index contributed by atoms with van der Waals surface area (Å²) in [6, 6.07) is 7.70. The molecule has 2 rings (SSSR count). The molecule has 29 heavy (non-hydrogen) atoms. The molecule has 1 aromatic carbocycles. The third-order valence-electron chi connectivity index (χ3n) is 4.29. The first-order valence-electron chi connectivity index (χ1n) is 9.85. The second-order valence-corrected chi connectivity index (χ2v) is 7.33. The van der Waals surface area contributed by atoms with E-state index in [1.807, 2.05) is 56.2 Å². The number of carbonyl (C=O) groups is 1. The third-order valence-corrected chi connectivity index (χ3v) is 4.29. The molecular formula is C21H33N5O3. The van der Waals surface area contributed by atoms with E-state index in [0.717, 1.165) is 24.5 Å². The number of anilines is 1. The maximum absolute atomic E-state index is 12.1. The molecule has 1 atom stereocenters. The molecule has 0 fully saturated rings. The Balaban J connectivity index is 2.01. The smallest absolute Gasteiger partial charge is 0.262 e. The Morgan fingerprint density at radius 2 is 1.97 bits per heavy atom. The number of nitrogens with zero attached hydrogens (tertiary/aromatic N) is 4. The first-order chi connectivity index (χ1) is 13.8. The van der Waals surface area contributed by atoms with Crippen LogP contribution in [0.5, 0.6) is 11.5 Å². The molecule has 0 saturated heterocycles. The Labute approximate surface area is 173 Å². The first-order valence-corrected chi connectivity index (χ1v) is 9.85. The zero-order chi connectivity index (χ0) is 21.4. The molecule has 1 N–H and O–H groups in total. The normalized spacial score (nSPS) is 12.0. The van der Waals surface area contributed by atoms with Gasteiger partial charge < -0.3 is 24.6 Å². The molecule has 1 amide bonds. The number of benzene rings is 1. The van der Waals surface area contributed by atoms with Gasteiger partial charge in [0, 0.05) is 39.4 Å². The molecule has 0 aliphatic carbocycles. The highest BCUT2D eigenvalue weighted by Crippen LogP contribution is 2.30. The molecule has 160 valence electrons. The molecule has 0 saturated carbocycles. The number of rotatable bonds is 11. The summed E-state index contributed by atoms with van der Waals surface area (Å²) in [6.07, 6.45) is 1.39. The number of likely N-dealkylation sites (N-methyl/N-ethyl adjacent to an activating group) is 2. The monoisotopic (exact) mass is 403 g/mol. The number of amides is 1. The van der Waals surface area contributed by atoms with Crippen molar-refractivity contribution in [1.82, 2.24) is 19.6 Å². The second kappa shape index (κ2) is 10.7. The van der Waals surface area contributed by atoms with Crippen LogP contribution in [0.3, 0.4) is 0 Å². The molecule has 8 heteroatoms. The largest absolute Gasteiger partial charge is 0.490 e. The van der Waals surface area contributed by atoms with Gasteiger partial charge in [-0.2, -0.15) is 5.10 Å². The summed E-state index contributed by atoms with van der Waals surface area (Å²) in [4.78, 5) is 15.7. The van der Waals surface area contributed by atoms with Gasteiger partial charge in [-0.1, -0.05) is 6.07 Å². The van der Waals surface area contributed by atoms with Crippen molar-refractivity contribution in [2.75, 3.05) is 46.7 Å². The molecule has 0 aliphatic heterocycles. The van der Waals surface area contributed by atoms with Crippen LogP contribution in [0.25, 0.3) is 0 Å². The van der Waals surface area contributed by atoms with Gasteiger partial charge in [0.1, 0.15) is 5.82 Å². The highest BCUT2D eigenvalue weighted by Gasteiger charge is 2.18. The maximum atomic E-state index is 12.1. The zero-order valence-corrected chi connectivity index (χ0v) is 18.3. The predicted octanol–water partition coefficient (Wildman–Crippen LogP) is 2.31. The van der Waals surface area contributed by atoms with Crippen LogP contribution >= 0.6 is 0 Å². The van der Waals surface area contributed by atoms with E-state index in [1.54, 1.807) is 21.0 Å². The van der Waals surface area contributed by atoms with Crippen molar-refractivity contribution in [3.8, 4) is 11.5 Å². The van der Waals surface area contributed by atoms with E-state index >= 15 is 0 Å². The van der Waals surface area contributed by atoms with Gasteiger partial charge in [-0.3, -0.25) is 9.48 Å². The summed E-state index contributed by atoms with van der Waals surface area (Å²) >= 11 is 0. The van der Waals surface area contributed by atoms with Crippen LogP contribution in [-0.2, 0) is 17.9 Å². The number of ether oxygens (including phenoxy) is 2. The number of carbonyl (C=O) groups excluding carboxylic acids is 1. The Morgan fingerprint density at radius 3 is 2.62 bits per heavy atom. The standard InChI is InChI=1S/C21H33N5O3/c1-7-28-19-14-17(8-9-18(19)29-16(2)21(27)25(5)6)15-22-20-10-11-26(23-20)13-12-24(3)4/h8-11,14,16H,7,12-13,15H2,1-6H3,(H,22,23)/t16-/m0/s1. The Kier molecular flexibility index (Phi) is 8.33. The van der Waals surface area contributed by atoms with Gasteiger partial charge in [-0.25, -0.2) is 0 Å². The van der Waals surface area contributed by atoms with Gasteiger partial charge in [0.2, 0.25) is 0 Å². The van der Waals surface area contributed by atoms with E-state index in [1.165, 1.54) is 4.90 Å². The van der Waals surface area contributed by atoms with Gasteiger partial charge >= 0.3 is 0 Å². The number of hydrogen-bond acceptors (Lipinski definition) is 6. The lowest BCUT2D eigenvalue weighted by Gasteiger charge is -2.20. The lowest BCUT2D eigenvalue weighted by Crippen LogP contribution is -2.35. The number of hydrogen-bond donors (Lipinski definition) is 1. The topological polar surface area (TPSA) is 71.9 Å². The Bertz CT molecular complexity index is 788. The van der Waals surface area contributed by atoms with Crippen LogP contribution in [0.4, 0.5) is 5.82 Å². The molecule has 0 bridgehead atoms. The minimum atomic E-state index is -0.584. The molecule has 0 spiro atoms. The maximum Gasteiger partial charge on any atom is 0.262 e. The number of aromatic nitrogens is 2. The molecular weight excluding hydrogens is 370 g/mol. The average molecular weight is 404 g/mol. The van der Waals surface area contributed by atoms with Crippen molar-refractivity contribution in [3.63, 3.8) is 0 Å². The van der Waals surface area contributed by atoms with Crippen LogP contribution in [0.15, 0.2) is 30.5 Å². The van der Waals surface area contributed by atoms with Gasteiger partial charge in [-0.15, -0.1) is 0 Å². The summed E-state index contributed by atoms with van der Waals surface area (Å²) in [5.41, 5.74) is 1.04. The summed E-state index contributed by atoms with van der Waals surface area (Å²) in [6.45, 7) is 6.56. The van der Waals surface area contributed by atoms with Gasteiger partial charge in [0.25, 0.3) is 5.91 Å². The average Bonchev–Trinajstić information content (AvgIpc) is 3.13. The molecule has 0 radical (unpaired) electrons. The quantitative estimate of drug-likeness (QED) is 0.621. The fourth-order valence-corrected chi connectivity index (χ4v) is 2.71. The first kappa shape index (κ1) is 22.5. The second-order valence-electron chi connectivity index (χ2n) is 7.33. The van der Waals surface area contributed by atoms with Gasteiger partial charge in [-0.05, 0) is 45.6 Å². The molecule has 0 aliphatic rings. The van der Waals surface area contributed by atoms with Gasteiger partial charge in [0.15, 0.2) is 17.6 Å². The van der Waals surface area contributed by atoms with E-state index in [2.05, 4.69) is 15.3 Å². The molecule has 1 heterocycles. The Hall–Kier alpha value is -2.74. The SMILES string of the molecule is CCOc1cc(CNc2ccn(CCN(C)C)n2)ccc1O[C@@H](C)C(=O)N(C)C. The summed E-state index contributed by atoms with van der Waals surface area (Å²) in [7, 11) is 7.51. The molecule has 2 aromatic rings. The fraction of sp³-hybridized carbons (Fsp3) is 0.524. The van der Waals surface area contributed by atoms with Crippen LogP contribution in [-0.4, -0.2) is 72.9 Å². The van der Waals surface area contributed by atoms with Crippen molar-refractivity contribution in [2.24, 2.45) is 0 Å². The predicted molar refractivity (Wildman–Crippen MR) is 115 cm³/mol. The highest BCUT2D eigenvalue weighted by molar-refractivity contribution is 5.80. The highest BCUT2D eigenvalue weighted by atomic mass is 16.5. The van der Waals surface area contributed by atoms with Crippen molar-refractivity contribution in [1.29, 1.82) is 0 Å². The van der Waals surface area contributed by atoms with E-state index < -0.39 is 6.10 Å². The lowest BCUT2D eigenvalue weighted by molar-refractivity contribution is -0.135. The number of nitrogens with one attached hydrogen (secondary N) is 1. The minimum Gasteiger partial charge on any atom is -0.490 e. The van der Waals surface area contributed by atoms with Crippen LogP contribution in [0.1, 0.15) is 19.4 Å². The zero-order valence-electron chi connectivity index (χ0n) is 18.3.